The SMILES string of the molecule is CN(C)Cc1ccc(-c2ccc(C(=O)c3ccc(Cl)cc3Br)cc2)cc1.Cl. The zero-order chi connectivity index (χ0) is 18.7. The number of benzene rings is 3. The molecule has 0 amide bonds. The Labute approximate surface area is 179 Å². The lowest BCUT2D eigenvalue weighted by Gasteiger charge is -2.10. The van der Waals surface area contributed by atoms with Crippen LogP contribution in [0.25, 0.3) is 11.1 Å². The lowest BCUT2D eigenvalue weighted by Crippen LogP contribution is -2.10. The molecule has 5 heteroatoms. The largest absolute Gasteiger partial charge is 0.305 e. The van der Waals surface area contributed by atoms with Crippen LogP contribution in [0.3, 0.4) is 0 Å². The van der Waals surface area contributed by atoms with Crippen molar-refractivity contribution >= 4 is 45.7 Å². The summed E-state index contributed by atoms with van der Waals surface area (Å²) in [5, 5.41) is 0.599. The number of hydrogen-bond acceptors (Lipinski definition) is 2. The highest BCUT2D eigenvalue weighted by Gasteiger charge is 2.13. The highest BCUT2D eigenvalue weighted by Crippen LogP contribution is 2.26. The van der Waals surface area contributed by atoms with Crippen LogP contribution >= 0.6 is 39.9 Å². The maximum atomic E-state index is 12.7. The minimum absolute atomic E-state index is 0. The van der Waals surface area contributed by atoms with E-state index in [2.05, 4.69) is 59.2 Å². The van der Waals surface area contributed by atoms with E-state index in [4.69, 9.17) is 11.6 Å². The summed E-state index contributed by atoms with van der Waals surface area (Å²) in [6, 6.07) is 21.4. The van der Waals surface area contributed by atoms with E-state index in [-0.39, 0.29) is 18.2 Å². The second-order valence-corrected chi connectivity index (χ2v) is 7.76. The fraction of sp³-hybridized carbons (Fsp3) is 0.136. The smallest absolute Gasteiger partial charge is 0.194 e. The van der Waals surface area contributed by atoms with Gasteiger partial charge < -0.3 is 4.90 Å². The van der Waals surface area contributed by atoms with Crippen molar-refractivity contribution < 1.29 is 4.79 Å². The zero-order valence-corrected chi connectivity index (χ0v) is 18.2. The van der Waals surface area contributed by atoms with Gasteiger partial charge in [-0.25, -0.2) is 0 Å². The number of hydrogen-bond donors (Lipinski definition) is 0. The predicted octanol–water partition coefficient (Wildman–Crippen LogP) is 6.48. The van der Waals surface area contributed by atoms with Gasteiger partial charge in [0.2, 0.25) is 0 Å². The fourth-order valence-electron chi connectivity index (χ4n) is 2.81. The van der Waals surface area contributed by atoms with Crippen molar-refractivity contribution in [3.63, 3.8) is 0 Å². The van der Waals surface area contributed by atoms with Crippen molar-refractivity contribution in [3.05, 3.63) is 92.9 Å². The summed E-state index contributed by atoms with van der Waals surface area (Å²) in [6.45, 7) is 0.920. The van der Waals surface area contributed by atoms with E-state index in [0.29, 0.717) is 20.6 Å². The number of rotatable bonds is 5. The van der Waals surface area contributed by atoms with Gasteiger partial charge in [-0.15, -0.1) is 12.4 Å². The van der Waals surface area contributed by atoms with Crippen LogP contribution in [-0.2, 0) is 6.54 Å². The first-order valence-electron chi connectivity index (χ1n) is 8.28. The van der Waals surface area contributed by atoms with Crippen LogP contribution < -0.4 is 0 Å². The molecule has 3 aromatic carbocycles. The van der Waals surface area contributed by atoms with Crippen molar-refractivity contribution in [2.75, 3.05) is 14.1 Å². The van der Waals surface area contributed by atoms with Crippen LogP contribution in [0.4, 0.5) is 0 Å². The van der Waals surface area contributed by atoms with Crippen LogP contribution in [0, 0.1) is 0 Å². The van der Waals surface area contributed by atoms with Crippen molar-refractivity contribution in [3.8, 4) is 11.1 Å². The minimum Gasteiger partial charge on any atom is -0.305 e. The van der Waals surface area contributed by atoms with E-state index < -0.39 is 0 Å². The molecule has 0 unspecified atom stereocenters. The van der Waals surface area contributed by atoms with Gasteiger partial charge in [0, 0.05) is 27.2 Å². The Hall–Kier alpha value is -1.65. The molecule has 3 rings (SSSR count). The average Bonchev–Trinajstić information content (AvgIpc) is 2.61. The monoisotopic (exact) mass is 463 g/mol. The molecule has 0 spiro atoms. The summed E-state index contributed by atoms with van der Waals surface area (Å²) >= 11 is 9.36. The molecule has 0 bridgehead atoms. The van der Waals surface area contributed by atoms with Crippen LogP contribution in [0.5, 0.6) is 0 Å². The van der Waals surface area contributed by atoms with E-state index in [1.165, 1.54) is 5.56 Å². The molecule has 0 aliphatic carbocycles. The van der Waals surface area contributed by atoms with Gasteiger partial charge in [0.15, 0.2) is 5.78 Å². The Kier molecular flexibility index (Phi) is 7.63. The summed E-state index contributed by atoms with van der Waals surface area (Å²) in [7, 11) is 4.12. The molecule has 0 saturated heterocycles. The number of carbonyl (C=O) groups excluding carboxylic acids is 1. The molecule has 0 aliphatic rings. The first kappa shape index (κ1) is 21.6. The highest BCUT2D eigenvalue weighted by atomic mass is 79.9. The Morgan fingerprint density at radius 3 is 2.00 bits per heavy atom. The summed E-state index contributed by atoms with van der Waals surface area (Å²) in [6.07, 6.45) is 0. The standard InChI is InChI=1S/C22H19BrClNO.ClH/c1-25(2)14-15-3-5-16(6-4-15)17-7-9-18(10-8-17)22(26)20-12-11-19(24)13-21(20)23;/h3-13H,14H2,1-2H3;1H. The fourth-order valence-corrected chi connectivity index (χ4v) is 3.67. The first-order chi connectivity index (χ1) is 12.4. The normalized spacial score (nSPS) is 10.6. The Morgan fingerprint density at radius 2 is 1.48 bits per heavy atom. The van der Waals surface area contributed by atoms with Gasteiger partial charge in [-0.1, -0.05) is 60.1 Å². The van der Waals surface area contributed by atoms with Gasteiger partial charge in [0.25, 0.3) is 0 Å². The van der Waals surface area contributed by atoms with Crippen LogP contribution in [0.1, 0.15) is 21.5 Å². The zero-order valence-electron chi connectivity index (χ0n) is 15.1. The Balaban J connectivity index is 0.00000261. The maximum absolute atomic E-state index is 12.7. The third kappa shape index (κ3) is 5.43. The van der Waals surface area contributed by atoms with Crippen molar-refractivity contribution in [2.45, 2.75) is 6.54 Å². The van der Waals surface area contributed by atoms with Crippen LogP contribution in [-0.4, -0.2) is 24.8 Å². The van der Waals surface area contributed by atoms with Crippen molar-refractivity contribution in [1.82, 2.24) is 4.90 Å². The van der Waals surface area contributed by atoms with Crippen LogP contribution in [0.15, 0.2) is 71.2 Å². The van der Waals surface area contributed by atoms with Crippen molar-refractivity contribution in [2.24, 2.45) is 0 Å². The average molecular weight is 465 g/mol. The number of nitrogens with zero attached hydrogens (tertiary/aromatic N) is 1. The molecule has 140 valence electrons. The quantitative estimate of drug-likeness (QED) is 0.402. The predicted molar refractivity (Wildman–Crippen MR) is 119 cm³/mol. The highest BCUT2D eigenvalue weighted by molar-refractivity contribution is 9.10. The molecule has 2 nitrogen and oxygen atoms in total. The second kappa shape index (κ2) is 9.52. The van der Waals surface area contributed by atoms with Gasteiger partial charge >= 0.3 is 0 Å². The third-order valence-corrected chi connectivity index (χ3v) is 5.00. The van der Waals surface area contributed by atoms with E-state index in [0.717, 1.165) is 17.7 Å². The summed E-state index contributed by atoms with van der Waals surface area (Å²) in [4.78, 5) is 14.8. The van der Waals surface area contributed by atoms with Gasteiger partial charge in [0.1, 0.15) is 0 Å². The summed E-state index contributed by atoms with van der Waals surface area (Å²) in [5.74, 6) is -0.0265. The molecule has 0 aliphatic heterocycles. The second-order valence-electron chi connectivity index (χ2n) is 6.47. The van der Waals surface area contributed by atoms with Gasteiger partial charge in [-0.05, 0) is 64.9 Å². The molecule has 0 fully saturated rings. The molecular weight excluding hydrogens is 445 g/mol. The Bertz CT molecular complexity index is 922. The summed E-state index contributed by atoms with van der Waals surface area (Å²) < 4.78 is 0.704. The molecule has 0 heterocycles. The molecule has 3 aromatic rings. The third-order valence-electron chi connectivity index (χ3n) is 4.11. The summed E-state index contributed by atoms with van der Waals surface area (Å²) in [5.41, 5.74) is 4.77. The molecule has 0 N–H and O–H groups in total. The van der Waals surface area contributed by atoms with E-state index >= 15 is 0 Å². The lowest BCUT2D eigenvalue weighted by atomic mass is 9.99. The number of carbonyl (C=O) groups is 1. The molecular formula is C22H20BrCl2NO. The number of ketones is 1. The van der Waals surface area contributed by atoms with E-state index in [1.54, 1.807) is 18.2 Å². The molecule has 0 saturated carbocycles. The van der Waals surface area contributed by atoms with Gasteiger partial charge in [0.05, 0.1) is 0 Å². The van der Waals surface area contributed by atoms with Gasteiger partial charge in [-0.3, -0.25) is 4.79 Å². The molecule has 0 aromatic heterocycles. The first-order valence-corrected chi connectivity index (χ1v) is 9.45. The van der Waals surface area contributed by atoms with E-state index in [9.17, 15) is 4.79 Å². The molecule has 0 atom stereocenters. The van der Waals surface area contributed by atoms with E-state index in [1.807, 2.05) is 24.3 Å². The number of halogens is 3. The van der Waals surface area contributed by atoms with Crippen molar-refractivity contribution in [1.29, 1.82) is 0 Å². The molecule has 27 heavy (non-hydrogen) atoms. The Morgan fingerprint density at radius 1 is 0.926 bits per heavy atom. The van der Waals surface area contributed by atoms with Gasteiger partial charge in [-0.2, -0.15) is 0 Å². The maximum Gasteiger partial charge on any atom is 0.194 e. The topological polar surface area (TPSA) is 20.3 Å². The minimum atomic E-state index is -0.0265. The van der Waals surface area contributed by atoms with Crippen LogP contribution in [0.2, 0.25) is 5.02 Å². The molecule has 0 radical (unpaired) electrons. The lowest BCUT2D eigenvalue weighted by molar-refractivity contribution is 0.103.